The van der Waals surface area contributed by atoms with Gasteiger partial charge in [0.25, 0.3) is 5.91 Å². The summed E-state index contributed by atoms with van der Waals surface area (Å²) in [6.45, 7) is 0. The Bertz CT molecular complexity index is 1130. The quantitative estimate of drug-likeness (QED) is 0.672. The highest BCUT2D eigenvalue weighted by Crippen LogP contribution is 2.37. The van der Waals surface area contributed by atoms with Crippen molar-refractivity contribution >= 4 is 40.2 Å². The number of hydrogen-bond acceptors (Lipinski definition) is 5. The number of carbonyl (C=O) groups is 2. The highest BCUT2D eigenvalue weighted by Gasteiger charge is 2.30. The Morgan fingerprint density at radius 1 is 1.14 bits per heavy atom. The van der Waals surface area contributed by atoms with Gasteiger partial charge < -0.3 is 10.6 Å². The van der Waals surface area contributed by atoms with Crippen molar-refractivity contribution in [2.24, 2.45) is 5.92 Å². The third-order valence-electron chi connectivity index (χ3n) is 5.15. The summed E-state index contributed by atoms with van der Waals surface area (Å²) in [5, 5.41) is 5.91. The van der Waals surface area contributed by atoms with E-state index in [2.05, 4.69) is 32.7 Å². The summed E-state index contributed by atoms with van der Waals surface area (Å²) in [6.07, 6.45) is 8.08. The fraction of sp³-hybridized carbons (Fsp3) is 0.182. The van der Waals surface area contributed by atoms with Gasteiger partial charge in [-0.05, 0) is 59.7 Å². The van der Waals surface area contributed by atoms with Crippen LogP contribution < -0.4 is 10.6 Å². The first-order valence-corrected chi connectivity index (χ1v) is 10.4. The zero-order chi connectivity index (χ0) is 19.8. The Morgan fingerprint density at radius 2 is 2.03 bits per heavy atom. The summed E-state index contributed by atoms with van der Waals surface area (Å²) in [5.74, 6) is 0.604. The van der Waals surface area contributed by atoms with E-state index in [9.17, 15) is 9.59 Å². The predicted molar refractivity (Wildman–Crippen MR) is 113 cm³/mol. The maximum Gasteiger partial charge on any atom is 0.267 e. The molecule has 0 bridgehead atoms. The SMILES string of the molecule is O=C(Nc1cccc2c1CC=C2c1ccnc(NC(=O)C2CC2)c1)c1cncs1. The van der Waals surface area contributed by atoms with Crippen molar-refractivity contribution in [2.45, 2.75) is 19.3 Å². The lowest BCUT2D eigenvalue weighted by Crippen LogP contribution is -2.14. The lowest BCUT2D eigenvalue weighted by molar-refractivity contribution is -0.117. The molecule has 2 aliphatic carbocycles. The zero-order valence-electron chi connectivity index (χ0n) is 15.5. The topological polar surface area (TPSA) is 84.0 Å². The third kappa shape index (κ3) is 3.56. The number of benzene rings is 1. The fourth-order valence-electron chi connectivity index (χ4n) is 3.52. The van der Waals surface area contributed by atoms with Gasteiger partial charge in [-0.15, -0.1) is 11.3 Å². The van der Waals surface area contributed by atoms with Gasteiger partial charge >= 0.3 is 0 Å². The molecule has 2 aromatic heterocycles. The van der Waals surface area contributed by atoms with Crippen molar-refractivity contribution in [1.29, 1.82) is 0 Å². The number of fused-ring (bicyclic) bond motifs is 1. The van der Waals surface area contributed by atoms with Crippen molar-refractivity contribution in [2.75, 3.05) is 10.6 Å². The Labute approximate surface area is 171 Å². The van der Waals surface area contributed by atoms with Crippen LogP contribution in [0.25, 0.3) is 5.57 Å². The van der Waals surface area contributed by atoms with E-state index in [-0.39, 0.29) is 17.7 Å². The van der Waals surface area contributed by atoms with Crippen molar-refractivity contribution in [1.82, 2.24) is 9.97 Å². The molecule has 3 aromatic rings. The van der Waals surface area contributed by atoms with E-state index < -0.39 is 0 Å². The Hall–Kier alpha value is -3.32. The van der Waals surface area contributed by atoms with Crippen LogP contribution in [0.5, 0.6) is 0 Å². The lowest BCUT2D eigenvalue weighted by atomic mass is 9.99. The van der Waals surface area contributed by atoms with Gasteiger partial charge in [-0.1, -0.05) is 18.2 Å². The maximum absolute atomic E-state index is 12.4. The van der Waals surface area contributed by atoms with Crippen LogP contribution in [-0.4, -0.2) is 21.8 Å². The predicted octanol–water partition coefficient (Wildman–Crippen LogP) is 4.13. The molecule has 2 N–H and O–H groups in total. The van der Waals surface area contributed by atoms with Gasteiger partial charge in [-0.25, -0.2) is 4.98 Å². The molecule has 5 rings (SSSR count). The van der Waals surface area contributed by atoms with Gasteiger partial charge in [0, 0.05) is 17.8 Å². The molecule has 1 fully saturated rings. The van der Waals surface area contributed by atoms with Crippen LogP contribution >= 0.6 is 11.3 Å². The van der Waals surface area contributed by atoms with Crippen molar-refractivity contribution in [3.63, 3.8) is 0 Å². The number of amides is 2. The van der Waals surface area contributed by atoms with Crippen molar-refractivity contribution in [3.05, 3.63) is 75.9 Å². The average molecular weight is 402 g/mol. The first kappa shape index (κ1) is 17.8. The van der Waals surface area contributed by atoms with E-state index in [1.54, 1.807) is 17.9 Å². The van der Waals surface area contributed by atoms with Gasteiger partial charge in [0.05, 0.1) is 11.7 Å². The third-order valence-corrected chi connectivity index (χ3v) is 5.92. The molecule has 0 saturated heterocycles. The van der Waals surface area contributed by atoms with Gasteiger partial charge in [0.15, 0.2) is 0 Å². The van der Waals surface area contributed by atoms with Crippen LogP contribution in [0.2, 0.25) is 0 Å². The van der Waals surface area contributed by atoms with Crippen LogP contribution in [-0.2, 0) is 11.2 Å². The monoisotopic (exact) mass is 402 g/mol. The Kier molecular flexibility index (Phi) is 4.44. The van der Waals surface area contributed by atoms with Crippen LogP contribution in [0.1, 0.15) is 39.2 Å². The van der Waals surface area contributed by atoms with E-state index in [1.807, 2.05) is 24.3 Å². The number of nitrogens with one attached hydrogen (secondary N) is 2. The van der Waals surface area contributed by atoms with Gasteiger partial charge in [0.2, 0.25) is 5.91 Å². The summed E-state index contributed by atoms with van der Waals surface area (Å²) in [4.78, 5) is 33.3. The van der Waals surface area contributed by atoms with E-state index in [0.717, 1.165) is 47.2 Å². The molecule has 0 spiro atoms. The normalized spacial score (nSPS) is 14.8. The summed E-state index contributed by atoms with van der Waals surface area (Å²) >= 11 is 1.32. The molecule has 144 valence electrons. The average Bonchev–Trinajstić information content (AvgIpc) is 3.25. The highest BCUT2D eigenvalue weighted by atomic mass is 32.1. The number of anilines is 2. The molecule has 2 amide bonds. The molecule has 0 radical (unpaired) electrons. The molecular weight excluding hydrogens is 384 g/mol. The minimum atomic E-state index is -0.150. The Morgan fingerprint density at radius 3 is 2.83 bits per heavy atom. The van der Waals surface area contributed by atoms with Crippen LogP contribution in [0, 0.1) is 5.92 Å². The molecule has 1 saturated carbocycles. The molecule has 0 atom stereocenters. The molecule has 2 heterocycles. The number of rotatable bonds is 5. The number of aromatic nitrogens is 2. The minimum absolute atomic E-state index is 0.0449. The molecule has 29 heavy (non-hydrogen) atoms. The standard InChI is InChI=1S/C22H18N4O2S/c27-21(13-4-5-13)26-20-10-14(8-9-24-20)15-6-7-17-16(15)2-1-3-18(17)25-22(28)19-11-23-12-29-19/h1-3,6,8-13H,4-5,7H2,(H,25,28)(H,24,26,27). The smallest absolute Gasteiger partial charge is 0.267 e. The van der Waals surface area contributed by atoms with Gasteiger partial charge in [0.1, 0.15) is 10.7 Å². The van der Waals surface area contributed by atoms with Gasteiger partial charge in [-0.3, -0.25) is 14.6 Å². The summed E-state index contributed by atoms with van der Waals surface area (Å²) in [5.41, 5.74) is 6.70. The molecule has 0 aliphatic heterocycles. The lowest BCUT2D eigenvalue weighted by Gasteiger charge is -2.12. The molecule has 2 aliphatic rings. The van der Waals surface area contributed by atoms with Crippen molar-refractivity contribution in [3.8, 4) is 0 Å². The second-order valence-electron chi connectivity index (χ2n) is 7.17. The second kappa shape index (κ2) is 7.25. The summed E-state index contributed by atoms with van der Waals surface area (Å²) in [7, 11) is 0. The van der Waals surface area contributed by atoms with Gasteiger partial charge in [-0.2, -0.15) is 0 Å². The van der Waals surface area contributed by atoms with E-state index in [0.29, 0.717) is 10.7 Å². The minimum Gasteiger partial charge on any atom is -0.321 e. The first-order chi connectivity index (χ1) is 14.2. The highest BCUT2D eigenvalue weighted by molar-refractivity contribution is 7.11. The van der Waals surface area contributed by atoms with E-state index in [1.165, 1.54) is 11.3 Å². The van der Waals surface area contributed by atoms with E-state index >= 15 is 0 Å². The summed E-state index contributed by atoms with van der Waals surface area (Å²) in [6, 6.07) is 9.76. The van der Waals surface area contributed by atoms with E-state index in [4.69, 9.17) is 0 Å². The second-order valence-corrected chi connectivity index (χ2v) is 8.05. The first-order valence-electron chi connectivity index (χ1n) is 9.48. The molecule has 1 aromatic carbocycles. The number of thiazole rings is 1. The number of allylic oxidation sites excluding steroid dienone is 1. The Balaban J connectivity index is 1.40. The number of nitrogens with zero attached hydrogens (tertiary/aromatic N) is 2. The van der Waals surface area contributed by atoms with Crippen LogP contribution in [0.15, 0.2) is 54.3 Å². The summed E-state index contributed by atoms with van der Waals surface area (Å²) < 4.78 is 0. The van der Waals surface area contributed by atoms with Crippen molar-refractivity contribution < 1.29 is 9.59 Å². The number of carbonyl (C=O) groups excluding carboxylic acids is 2. The molecule has 0 unspecified atom stereocenters. The zero-order valence-corrected chi connectivity index (χ0v) is 16.3. The van der Waals surface area contributed by atoms with Crippen LogP contribution in [0.3, 0.4) is 0 Å². The molecule has 6 nitrogen and oxygen atoms in total. The fourth-order valence-corrected chi connectivity index (χ4v) is 4.03. The number of pyridine rings is 1. The van der Waals surface area contributed by atoms with Crippen LogP contribution in [0.4, 0.5) is 11.5 Å². The maximum atomic E-state index is 12.4. The number of hydrogen-bond donors (Lipinski definition) is 2. The molecular formula is C22H18N4O2S. The molecule has 7 heteroatoms. The largest absolute Gasteiger partial charge is 0.321 e.